The molecule has 0 aliphatic carbocycles. The number of nitrogens with zero attached hydrogens (tertiary/aromatic N) is 1. The van der Waals surface area contributed by atoms with Crippen LogP contribution in [0.3, 0.4) is 0 Å². The van der Waals surface area contributed by atoms with Crippen LogP contribution in [0.4, 0.5) is 4.39 Å². The third-order valence-corrected chi connectivity index (χ3v) is 5.63. The van der Waals surface area contributed by atoms with Crippen LogP contribution in [-0.2, 0) is 24.9 Å². The number of aliphatic carboxylic acids is 1. The fourth-order valence-corrected chi connectivity index (χ4v) is 3.72. The van der Waals surface area contributed by atoms with Gasteiger partial charge < -0.3 is 20.5 Å². The number of carbonyl (C=O) groups excluding carboxylic acids is 4. The standard InChI is InChI=1S/C23H24FN3O7S/c1-34-21(31)6-7-26-22(32)15-8-16(11-25-10-15)23(33)27-18(9-20(29)30)19(28)13-35-12-14-2-4-17(24)5-3-14/h2-5,8,10-11,18H,6-7,9,12-13H2,1H3,(H,26,32)(H,27,33)(H,29,30)/t18-/m0/s1. The number of thioether (sulfide) groups is 1. The van der Waals surface area contributed by atoms with Gasteiger partial charge >= 0.3 is 11.9 Å². The van der Waals surface area contributed by atoms with Gasteiger partial charge in [-0.1, -0.05) is 12.1 Å². The van der Waals surface area contributed by atoms with Gasteiger partial charge in [-0.15, -0.1) is 11.8 Å². The van der Waals surface area contributed by atoms with E-state index in [1.807, 2.05) is 0 Å². The average Bonchev–Trinajstić information content (AvgIpc) is 2.84. The quantitative estimate of drug-likeness (QED) is 0.345. The third-order valence-electron chi connectivity index (χ3n) is 4.60. The molecule has 10 nitrogen and oxygen atoms in total. The minimum Gasteiger partial charge on any atom is -0.481 e. The molecule has 0 spiro atoms. The number of hydrogen-bond acceptors (Lipinski definition) is 8. The predicted molar refractivity (Wildman–Crippen MR) is 124 cm³/mol. The lowest BCUT2D eigenvalue weighted by atomic mass is 10.1. The highest BCUT2D eigenvalue weighted by Crippen LogP contribution is 2.14. The molecule has 12 heteroatoms. The summed E-state index contributed by atoms with van der Waals surface area (Å²) in [6, 6.07) is 5.70. The molecule has 1 aromatic heterocycles. The van der Waals surface area contributed by atoms with Crippen molar-refractivity contribution in [3.8, 4) is 0 Å². The molecule has 1 atom stereocenters. The molecule has 0 saturated carbocycles. The molecule has 0 fully saturated rings. The number of carboxylic acid groups (broad SMARTS) is 1. The van der Waals surface area contributed by atoms with Crippen LogP contribution in [0.15, 0.2) is 42.7 Å². The first-order chi connectivity index (χ1) is 16.7. The molecule has 2 rings (SSSR count). The zero-order chi connectivity index (χ0) is 25.8. The van der Waals surface area contributed by atoms with Gasteiger partial charge in [-0.05, 0) is 23.8 Å². The summed E-state index contributed by atoms with van der Waals surface area (Å²) in [7, 11) is 1.22. The van der Waals surface area contributed by atoms with E-state index >= 15 is 0 Å². The maximum atomic E-state index is 13.0. The number of halogens is 1. The molecule has 2 amide bonds. The lowest BCUT2D eigenvalue weighted by Crippen LogP contribution is -2.43. The topological polar surface area (TPSA) is 152 Å². The molecule has 0 aliphatic heterocycles. The predicted octanol–water partition coefficient (Wildman–Crippen LogP) is 1.59. The molecule has 35 heavy (non-hydrogen) atoms. The Morgan fingerprint density at radius 2 is 1.74 bits per heavy atom. The van der Waals surface area contributed by atoms with Crippen molar-refractivity contribution in [1.29, 1.82) is 0 Å². The van der Waals surface area contributed by atoms with E-state index in [0.29, 0.717) is 5.75 Å². The smallest absolute Gasteiger partial charge is 0.307 e. The highest BCUT2D eigenvalue weighted by Gasteiger charge is 2.24. The van der Waals surface area contributed by atoms with Crippen molar-refractivity contribution >= 4 is 41.3 Å². The molecule has 2 aromatic rings. The number of pyridine rings is 1. The molecule has 0 unspecified atom stereocenters. The van der Waals surface area contributed by atoms with Gasteiger partial charge in [0, 0.05) is 24.7 Å². The number of esters is 1. The Morgan fingerprint density at radius 1 is 1.09 bits per heavy atom. The van der Waals surface area contributed by atoms with Gasteiger partial charge in [0.15, 0.2) is 5.78 Å². The van der Waals surface area contributed by atoms with Gasteiger partial charge in [0.1, 0.15) is 5.82 Å². The van der Waals surface area contributed by atoms with Crippen LogP contribution in [0, 0.1) is 5.82 Å². The molecular formula is C23H24FN3O7S. The number of hydrogen-bond donors (Lipinski definition) is 3. The molecular weight excluding hydrogens is 481 g/mol. The average molecular weight is 506 g/mol. The van der Waals surface area contributed by atoms with E-state index in [0.717, 1.165) is 5.56 Å². The first kappa shape index (κ1) is 27.4. The molecule has 0 bridgehead atoms. The Bertz CT molecular complexity index is 1080. The number of rotatable bonds is 13. The highest BCUT2D eigenvalue weighted by molar-refractivity contribution is 7.99. The number of nitrogens with one attached hydrogen (secondary N) is 2. The SMILES string of the molecule is COC(=O)CCNC(=O)c1cncc(C(=O)N[C@@H](CC(=O)O)C(=O)CSCc2ccc(F)cc2)c1. The first-order valence-electron chi connectivity index (χ1n) is 10.4. The third kappa shape index (κ3) is 9.53. The Hall–Kier alpha value is -3.80. The van der Waals surface area contributed by atoms with Crippen molar-refractivity contribution in [1.82, 2.24) is 15.6 Å². The van der Waals surface area contributed by atoms with Crippen LogP contribution in [0.5, 0.6) is 0 Å². The van der Waals surface area contributed by atoms with Crippen molar-refractivity contribution in [2.24, 2.45) is 0 Å². The number of ether oxygens (including phenoxy) is 1. The van der Waals surface area contributed by atoms with Crippen LogP contribution >= 0.6 is 11.8 Å². The largest absolute Gasteiger partial charge is 0.481 e. The summed E-state index contributed by atoms with van der Waals surface area (Å²) < 4.78 is 17.5. The summed E-state index contributed by atoms with van der Waals surface area (Å²) in [5.41, 5.74) is 0.780. The molecule has 0 radical (unpaired) electrons. The lowest BCUT2D eigenvalue weighted by Gasteiger charge is -2.16. The fourth-order valence-electron chi connectivity index (χ4n) is 2.78. The Balaban J connectivity index is 1.97. The van der Waals surface area contributed by atoms with Gasteiger partial charge in [0.2, 0.25) is 0 Å². The van der Waals surface area contributed by atoms with Crippen LogP contribution in [0.25, 0.3) is 0 Å². The van der Waals surface area contributed by atoms with Crippen molar-refractivity contribution < 1.29 is 38.2 Å². The summed E-state index contributed by atoms with van der Waals surface area (Å²) in [4.78, 5) is 63.7. The summed E-state index contributed by atoms with van der Waals surface area (Å²) in [5.74, 6) is -3.68. The van der Waals surface area contributed by atoms with Crippen molar-refractivity contribution in [2.45, 2.75) is 24.6 Å². The number of Topliss-reactive ketones (excluding diaryl/α,β-unsaturated/α-hetero) is 1. The Morgan fingerprint density at radius 3 is 2.37 bits per heavy atom. The summed E-state index contributed by atoms with van der Waals surface area (Å²) in [6.45, 7) is 0.0205. The summed E-state index contributed by atoms with van der Waals surface area (Å²) in [5, 5.41) is 14.0. The van der Waals surface area contributed by atoms with Crippen LogP contribution < -0.4 is 10.6 Å². The minimum absolute atomic E-state index is 0.0205. The van der Waals surface area contributed by atoms with Crippen LogP contribution in [0.2, 0.25) is 0 Å². The number of methoxy groups -OCH3 is 1. The van der Waals surface area contributed by atoms with E-state index in [9.17, 15) is 28.4 Å². The zero-order valence-electron chi connectivity index (χ0n) is 18.8. The van der Waals surface area contributed by atoms with E-state index in [2.05, 4.69) is 20.4 Å². The number of carbonyl (C=O) groups is 5. The van der Waals surface area contributed by atoms with Gasteiger partial charge in [-0.2, -0.15) is 0 Å². The van der Waals surface area contributed by atoms with Crippen molar-refractivity contribution in [2.75, 3.05) is 19.4 Å². The van der Waals surface area contributed by atoms with Gasteiger partial charge in [0.05, 0.1) is 42.9 Å². The number of benzene rings is 1. The van der Waals surface area contributed by atoms with E-state index < -0.39 is 42.0 Å². The monoisotopic (exact) mass is 505 g/mol. The van der Waals surface area contributed by atoms with Gasteiger partial charge in [-0.3, -0.25) is 29.0 Å². The minimum atomic E-state index is -1.29. The van der Waals surface area contributed by atoms with E-state index in [1.165, 1.54) is 49.5 Å². The van der Waals surface area contributed by atoms with Crippen LogP contribution in [0.1, 0.15) is 39.1 Å². The maximum absolute atomic E-state index is 13.0. The second-order valence-corrected chi connectivity index (χ2v) is 8.24. The highest BCUT2D eigenvalue weighted by atomic mass is 32.2. The number of amides is 2. The maximum Gasteiger partial charge on any atom is 0.307 e. The van der Waals surface area contributed by atoms with Crippen molar-refractivity contribution in [3.63, 3.8) is 0 Å². The Labute approximate surface area is 204 Å². The molecule has 1 heterocycles. The second-order valence-electron chi connectivity index (χ2n) is 7.25. The van der Waals surface area contributed by atoms with Crippen molar-refractivity contribution in [3.05, 3.63) is 65.2 Å². The summed E-state index contributed by atoms with van der Waals surface area (Å²) >= 11 is 1.20. The first-order valence-corrected chi connectivity index (χ1v) is 11.5. The van der Waals surface area contributed by atoms with E-state index in [4.69, 9.17) is 5.11 Å². The molecule has 186 valence electrons. The Kier molecular flexibility index (Phi) is 10.8. The van der Waals surface area contributed by atoms with E-state index in [1.54, 1.807) is 12.1 Å². The zero-order valence-corrected chi connectivity index (χ0v) is 19.6. The number of aromatic nitrogens is 1. The summed E-state index contributed by atoms with van der Waals surface area (Å²) in [6.07, 6.45) is 1.74. The van der Waals surface area contributed by atoms with E-state index in [-0.39, 0.29) is 35.7 Å². The molecule has 3 N–H and O–H groups in total. The molecule has 1 aromatic carbocycles. The molecule has 0 aliphatic rings. The number of carboxylic acids is 1. The molecule has 0 saturated heterocycles. The normalized spacial score (nSPS) is 11.3. The fraction of sp³-hybridized carbons (Fsp3) is 0.304. The van der Waals surface area contributed by atoms with Gasteiger partial charge in [0.25, 0.3) is 11.8 Å². The van der Waals surface area contributed by atoms with Crippen LogP contribution in [-0.4, -0.2) is 65.1 Å². The van der Waals surface area contributed by atoms with Gasteiger partial charge in [-0.25, -0.2) is 4.39 Å². The second kappa shape index (κ2) is 13.8. The number of ketones is 1. The lowest BCUT2D eigenvalue weighted by molar-refractivity contribution is -0.140.